The van der Waals surface area contributed by atoms with Crippen LogP contribution < -0.4 is 0 Å². The third-order valence-corrected chi connectivity index (χ3v) is 4.73. The molecule has 0 aliphatic carbocycles. The van der Waals surface area contributed by atoms with Gasteiger partial charge in [0, 0.05) is 6.42 Å². The first-order chi connectivity index (χ1) is 12.8. The Morgan fingerprint density at radius 1 is 0.962 bits per heavy atom. The van der Waals surface area contributed by atoms with Crippen molar-refractivity contribution >= 4 is 11.8 Å². The second kappa shape index (κ2) is 7.57. The predicted octanol–water partition coefficient (Wildman–Crippen LogP) is 3.82. The fraction of sp³-hybridized carbons (Fsp3) is 0.222. The van der Waals surface area contributed by atoms with Crippen molar-refractivity contribution in [3.8, 4) is 11.6 Å². The zero-order valence-corrected chi connectivity index (χ0v) is 15.0. The molecule has 0 saturated heterocycles. The van der Waals surface area contributed by atoms with Gasteiger partial charge in [-0.2, -0.15) is 0 Å². The zero-order chi connectivity index (χ0) is 17.8. The lowest BCUT2D eigenvalue weighted by Crippen LogP contribution is -2.04. The lowest BCUT2D eigenvalue weighted by Gasteiger charge is -2.08. The van der Waals surface area contributed by atoms with E-state index in [1.807, 2.05) is 41.8 Å². The van der Waals surface area contributed by atoms with Crippen molar-refractivity contribution in [1.82, 2.24) is 25.0 Å². The molecule has 0 amide bonds. The molecule has 0 radical (unpaired) electrons. The minimum atomic E-state index is 0.540. The van der Waals surface area contributed by atoms with Gasteiger partial charge in [-0.3, -0.25) is 4.57 Å². The van der Waals surface area contributed by atoms with Crippen LogP contribution in [0.15, 0.2) is 62.7 Å². The molecule has 26 heavy (non-hydrogen) atoms. The van der Waals surface area contributed by atoms with Crippen molar-refractivity contribution in [2.24, 2.45) is 0 Å². The van der Waals surface area contributed by atoms with Crippen molar-refractivity contribution < 1.29 is 8.83 Å². The fourth-order valence-corrected chi connectivity index (χ4v) is 3.28. The van der Waals surface area contributed by atoms with Gasteiger partial charge in [0.1, 0.15) is 0 Å². The standard InChI is InChI=1S/C18H17N5O2S/c1-2-15-19-20-16(25-15)12-26-18-22-21-17(14-9-6-10-24-14)23(18)11-13-7-4-3-5-8-13/h3-10H,2,11-12H2,1H3. The van der Waals surface area contributed by atoms with Crippen LogP contribution in [0.4, 0.5) is 0 Å². The van der Waals surface area contributed by atoms with Gasteiger partial charge < -0.3 is 8.83 Å². The molecule has 0 atom stereocenters. The SMILES string of the molecule is CCc1nnc(CSc2nnc(-c3ccco3)n2Cc2ccccc2)o1. The first kappa shape index (κ1) is 16.6. The molecular weight excluding hydrogens is 350 g/mol. The van der Waals surface area contributed by atoms with Crippen LogP contribution in [0.2, 0.25) is 0 Å². The molecule has 0 aliphatic rings. The number of rotatable bonds is 7. The summed E-state index contributed by atoms with van der Waals surface area (Å²) in [6, 6.07) is 13.9. The molecule has 0 bridgehead atoms. The van der Waals surface area contributed by atoms with Gasteiger partial charge in [0.05, 0.1) is 18.6 Å². The van der Waals surface area contributed by atoms with Crippen LogP contribution >= 0.6 is 11.8 Å². The van der Waals surface area contributed by atoms with Crippen molar-refractivity contribution in [2.45, 2.75) is 30.8 Å². The van der Waals surface area contributed by atoms with Crippen LogP contribution in [0.25, 0.3) is 11.6 Å². The Morgan fingerprint density at radius 2 is 1.81 bits per heavy atom. The molecule has 0 N–H and O–H groups in total. The van der Waals surface area contributed by atoms with E-state index in [2.05, 4.69) is 32.5 Å². The highest BCUT2D eigenvalue weighted by Crippen LogP contribution is 2.27. The summed E-state index contributed by atoms with van der Waals surface area (Å²) >= 11 is 1.51. The molecule has 3 heterocycles. The topological polar surface area (TPSA) is 82.8 Å². The van der Waals surface area contributed by atoms with E-state index in [1.165, 1.54) is 11.8 Å². The fourth-order valence-electron chi connectivity index (χ4n) is 2.51. The maximum atomic E-state index is 5.57. The summed E-state index contributed by atoms with van der Waals surface area (Å²) in [7, 11) is 0. The lowest BCUT2D eigenvalue weighted by atomic mass is 10.2. The van der Waals surface area contributed by atoms with Crippen LogP contribution in [0, 0.1) is 0 Å². The number of aryl methyl sites for hydroxylation is 1. The van der Waals surface area contributed by atoms with Crippen LogP contribution in [0.1, 0.15) is 24.3 Å². The van der Waals surface area contributed by atoms with Crippen molar-refractivity contribution in [3.63, 3.8) is 0 Å². The maximum absolute atomic E-state index is 5.57. The normalized spacial score (nSPS) is 11.1. The predicted molar refractivity (Wildman–Crippen MR) is 96.5 cm³/mol. The number of furan rings is 1. The minimum Gasteiger partial charge on any atom is -0.461 e. The number of thioether (sulfide) groups is 1. The summed E-state index contributed by atoms with van der Waals surface area (Å²) in [6.45, 7) is 2.63. The Hall–Kier alpha value is -2.87. The highest BCUT2D eigenvalue weighted by molar-refractivity contribution is 7.98. The summed E-state index contributed by atoms with van der Waals surface area (Å²) in [5.74, 6) is 3.15. The Bertz CT molecular complexity index is 963. The molecule has 1 aromatic carbocycles. The molecule has 4 rings (SSSR count). The number of nitrogens with zero attached hydrogens (tertiary/aromatic N) is 5. The van der Waals surface area contributed by atoms with E-state index < -0.39 is 0 Å². The van der Waals surface area contributed by atoms with E-state index >= 15 is 0 Å². The maximum Gasteiger partial charge on any atom is 0.226 e. The highest BCUT2D eigenvalue weighted by Gasteiger charge is 2.17. The number of hydrogen-bond donors (Lipinski definition) is 0. The van der Waals surface area contributed by atoms with E-state index in [-0.39, 0.29) is 0 Å². The van der Waals surface area contributed by atoms with Crippen LogP contribution in [0.5, 0.6) is 0 Å². The molecule has 8 heteroatoms. The first-order valence-electron chi connectivity index (χ1n) is 8.28. The van der Waals surface area contributed by atoms with Gasteiger partial charge >= 0.3 is 0 Å². The van der Waals surface area contributed by atoms with E-state index in [0.717, 1.165) is 17.1 Å². The van der Waals surface area contributed by atoms with Gasteiger partial charge in [-0.1, -0.05) is 49.0 Å². The second-order valence-corrected chi connectivity index (χ2v) is 6.53. The monoisotopic (exact) mass is 367 g/mol. The van der Waals surface area contributed by atoms with Gasteiger partial charge in [-0.25, -0.2) is 0 Å². The molecule has 0 aliphatic heterocycles. The Labute approximate surface area is 154 Å². The molecule has 0 unspecified atom stereocenters. The zero-order valence-electron chi connectivity index (χ0n) is 14.2. The molecule has 7 nitrogen and oxygen atoms in total. The largest absolute Gasteiger partial charge is 0.461 e. The van der Waals surface area contributed by atoms with Crippen LogP contribution in [-0.4, -0.2) is 25.0 Å². The van der Waals surface area contributed by atoms with Crippen LogP contribution in [0.3, 0.4) is 0 Å². The lowest BCUT2D eigenvalue weighted by molar-refractivity contribution is 0.469. The van der Waals surface area contributed by atoms with Crippen molar-refractivity contribution in [1.29, 1.82) is 0 Å². The third kappa shape index (κ3) is 3.55. The number of aromatic nitrogens is 5. The average molecular weight is 367 g/mol. The number of hydrogen-bond acceptors (Lipinski definition) is 7. The highest BCUT2D eigenvalue weighted by atomic mass is 32.2. The van der Waals surface area contributed by atoms with Gasteiger partial charge in [0.25, 0.3) is 0 Å². The summed E-state index contributed by atoms with van der Waals surface area (Å²) in [6.07, 6.45) is 2.36. The third-order valence-electron chi connectivity index (χ3n) is 3.78. The van der Waals surface area contributed by atoms with Gasteiger partial charge in [-0.15, -0.1) is 20.4 Å². The summed E-state index contributed by atoms with van der Waals surface area (Å²) < 4.78 is 13.1. The molecular formula is C18H17N5O2S. The van der Waals surface area contributed by atoms with Crippen molar-refractivity contribution in [3.05, 3.63) is 66.1 Å². The Morgan fingerprint density at radius 3 is 2.54 bits per heavy atom. The molecule has 132 valence electrons. The second-order valence-electron chi connectivity index (χ2n) is 5.59. The van der Waals surface area contributed by atoms with Crippen LogP contribution in [-0.2, 0) is 18.7 Å². The smallest absolute Gasteiger partial charge is 0.226 e. The molecule has 3 aromatic heterocycles. The van der Waals surface area contributed by atoms with Crippen molar-refractivity contribution in [2.75, 3.05) is 0 Å². The Balaban J connectivity index is 1.61. The molecule has 0 fully saturated rings. The molecule has 4 aromatic rings. The summed E-state index contributed by atoms with van der Waals surface area (Å²) in [5, 5.41) is 17.5. The molecule has 0 spiro atoms. The Kier molecular flexibility index (Phi) is 4.83. The average Bonchev–Trinajstić information content (AvgIpc) is 3.42. The van der Waals surface area contributed by atoms with E-state index in [0.29, 0.717) is 35.7 Å². The van der Waals surface area contributed by atoms with Gasteiger partial charge in [-0.05, 0) is 17.7 Å². The summed E-state index contributed by atoms with van der Waals surface area (Å²) in [5.41, 5.74) is 1.16. The van der Waals surface area contributed by atoms with E-state index in [4.69, 9.17) is 8.83 Å². The minimum absolute atomic E-state index is 0.540. The summed E-state index contributed by atoms with van der Waals surface area (Å²) in [4.78, 5) is 0. The molecule has 0 saturated carbocycles. The quantitative estimate of drug-likeness (QED) is 0.459. The van der Waals surface area contributed by atoms with Gasteiger partial charge in [0.15, 0.2) is 10.9 Å². The van der Waals surface area contributed by atoms with Gasteiger partial charge in [0.2, 0.25) is 17.6 Å². The number of benzene rings is 1. The van der Waals surface area contributed by atoms with E-state index in [9.17, 15) is 0 Å². The van der Waals surface area contributed by atoms with E-state index in [1.54, 1.807) is 6.26 Å². The first-order valence-corrected chi connectivity index (χ1v) is 9.27.